The Balaban J connectivity index is 2.05. The number of aryl methyl sites for hydroxylation is 1. The van der Waals surface area contributed by atoms with Crippen LogP contribution >= 0.6 is 0 Å². The molecule has 5 nitrogen and oxygen atoms in total. The van der Waals surface area contributed by atoms with Gasteiger partial charge in [-0.1, -0.05) is 36.3 Å². The zero-order valence-corrected chi connectivity index (χ0v) is 14.1. The number of rotatable bonds is 2. The molecule has 1 aliphatic heterocycles. The van der Waals surface area contributed by atoms with Crippen molar-refractivity contribution in [1.82, 2.24) is 9.55 Å². The van der Waals surface area contributed by atoms with Crippen LogP contribution in [0.1, 0.15) is 38.7 Å². The average Bonchev–Trinajstić information content (AvgIpc) is 2.89. The molecule has 0 atom stereocenters. The lowest BCUT2D eigenvalue weighted by molar-refractivity contribution is 0.0689. The molecule has 0 saturated heterocycles. The molecule has 0 aliphatic carbocycles. The van der Waals surface area contributed by atoms with Crippen molar-refractivity contribution in [2.24, 2.45) is 4.99 Å². The molecule has 1 aliphatic rings. The molecule has 0 fully saturated rings. The topological polar surface area (TPSA) is 67.5 Å². The van der Waals surface area contributed by atoms with Crippen molar-refractivity contribution >= 4 is 11.7 Å². The molecular weight excluding hydrogens is 326 g/mol. The van der Waals surface area contributed by atoms with E-state index in [0.717, 1.165) is 28.1 Å². The third-order valence-corrected chi connectivity index (χ3v) is 4.44. The summed E-state index contributed by atoms with van der Waals surface area (Å²) in [6.45, 7) is 2.02. The van der Waals surface area contributed by atoms with E-state index in [-0.39, 0.29) is 12.2 Å². The standard InChI is InChI=1S/C21H15N3O2/c1-3-14-9-10-17-16(11-14)19(15-7-5-4-6-8-15)22-12-18-20(21(25)26)23-13(2)24(17)18/h1,4-11H,12H2,2H3,(H,25,26). The highest BCUT2D eigenvalue weighted by Crippen LogP contribution is 2.29. The molecule has 1 N–H and O–H groups in total. The smallest absolute Gasteiger partial charge is 0.356 e. The van der Waals surface area contributed by atoms with Gasteiger partial charge in [0.25, 0.3) is 0 Å². The maximum absolute atomic E-state index is 11.6. The van der Waals surface area contributed by atoms with Gasteiger partial charge in [-0.25, -0.2) is 9.78 Å². The van der Waals surface area contributed by atoms with Crippen LogP contribution < -0.4 is 0 Å². The summed E-state index contributed by atoms with van der Waals surface area (Å²) in [4.78, 5) is 20.6. The summed E-state index contributed by atoms with van der Waals surface area (Å²) in [5.41, 5.74) is 4.78. The third kappa shape index (κ3) is 2.40. The molecule has 5 heteroatoms. The molecule has 3 aromatic rings. The minimum absolute atomic E-state index is 0.0348. The number of hydrogen-bond acceptors (Lipinski definition) is 3. The van der Waals surface area contributed by atoms with Crippen LogP contribution in [0, 0.1) is 19.3 Å². The molecular formula is C21H15N3O2. The first-order valence-electron chi connectivity index (χ1n) is 8.13. The van der Waals surface area contributed by atoms with Gasteiger partial charge in [0.2, 0.25) is 0 Å². The summed E-state index contributed by atoms with van der Waals surface area (Å²) >= 11 is 0. The highest BCUT2D eigenvalue weighted by molar-refractivity contribution is 6.15. The number of terminal acetylenes is 1. The maximum atomic E-state index is 11.6. The Kier molecular flexibility index (Phi) is 3.67. The van der Waals surface area contributed by atoms with Crippen molar-refractivity contribution in [1.29, 1.82) is 0 Å². The van der Waals surface area contributed by atoms with Gasteiger partial charge in [-0.3, -0.25) is 9.56 Å². The predicted octanol–water partition coefficient (Wildman–Crippen LogP) is 3.21. The van der Waals surface area contributed by atoms with E-state index in [1.54, 1.807) is 6.92 Å². The van der Waals surface area contributed by atoms with E-state index >= 15 is 0 Å². The summed E-state index contributed by atoms with van der Waals surface area (Å²) < 4.78 is 1.86. The lowest BCUT2D eigenvalue weighted by Gasteiger charge is -2.13. The summed E-state index contributed by atoms with van der Waals surface area (Å²) in [7, 11) is 0. The van der Waals surface area contributed by atoms with E-state index in [1.165, 1.54) is 0 Å². The van der Waals surface area contributed by atoms with Crippen LogP contribution in [0.4, 0.5) is 0 Å². The molecule has 2 aromatic carbocycles. The molecule has 4 rings (SSSR count). The van der Waals surface area contributed by atoms with Crippen LogP contribution in [0.15, 0.2) is 53.5 Å². The van der Waals surface area contributed by atoms with Crippen LogP contribution in [-0.2, 0) is 6.54 Å². The van der Waals surface area contributed by atoms with Crippen molar-refractivity contribution in [2.45, 2.75) is 13.5 Å². The highest BCUT2D eigenvalue weighted by Gasteiger charge is 2.26. The molecule has 1 aromatic heterocycles. The summed E-state index contributed by atoms with van der Waals surface area (Å²) in [6.07, 6.45) is 5.59. The van der Waals surface area contributed by atoms with Gasteiger partial charge in [-0.2, -0.15) is 0 Å². The number of fused-ring (bicyclic) bond motifs is 3. The van der Waals surface area contributed by atoms with Crippen molar-refractivity contribution in [2.75, 3.05) is 0 Å². The number of nitrogens with zero attached hydrogens (tertiary/aromatic N) is 3. The molecule has 26 heavy (non-hydrogen) atoms. The summed E-state index contributed by atoms with van der Waals surface area (Å²) in [6, 6.07) is 15.5. The predicted molar refractivity (Wildman–Crippen MR) is 99.0 cm³/mol. The number of carboxylic acids is 1. The van der Waals surface area contributed by atoms with Crippen LogP contribution in [0.25, 0.3) is 5.69 Å². The first kappa shape index (κ1) is 15.9. The fourth-order valence-corrected chi connectivity index (χ4v) is 3.31. The largest absolute Gasteiger partial charge is 0.476 e. The van der Waals surface area contributed by atoms with Crippen LogP contribution in [-0.4, -0.2) is 26.3 Å². The van der Waals surface area contributed by atoms with Crippen molar-refractivity contribution in [3.05, 3.63) is 82.4 Å². The SMILES string of the molecule is C#Cc1ccc2c(c1)C(c1ccccc1)=NCc1c(C(=O)O)nc(C)n1-2. The van der Waals surface area contributed by atoms with Crippen LogP contribution in [0.3, 0.4) is 0 Å². The minimum atomic E-state index is -1.05. The molecule has 0 spiro atoms. The normalized spacial score (nSPS) is 12.4. The molecule has 0 bridgehead atoms. The first-order valence-corrected chi connectivity index (χ1v) is 8.13. The van der Waals surface area contributed by atoms with Crippen molar-refractivity contribution < 1.29 is 9.90 Å². The summed E-state index contributed by atoms with van der Waals surface area (Å²) in [5.74, 6) is 2.21. The van der Waals surface area contributed by atoms with Gasteiger partial charge in [0.05, 0.1) is 23.6 Å². The monoisotopic (exact) mass is 341 g/mol. The Labute approximate surface area is 150 Å². The van der Waals surface area contributed by atoms with E-state index in [9.17, 15) is 9.90 Å². The number of carbonyl (C=O) groups is 1. The number of aliphatic imine (C=N–C) groups is 1. The van der Waals surface area contributed by atoms with Crippen LogP contribution in [0.2, 0.25) is 0 Å². The van der Waals surface area contributed by atoms with Gasteiger partial charge in [0.15, 0.2) is 5.69 Å². The van der Waals surface area contributed by atoms with Gasteiger partial charge in [0.1, 0.15) is 5.82 Å². The highest BCUT2D eigenvalue weighted by atomic mass is 16.4. The van der Waals surface area contributed by atoms with Crippen molar-refractivity contribution in [3.8, 4) is 18.0 Å². The maximum Gasteiger partial charge on any atom is 0.356 e. The van der Waals surface area contributed by atoms with E-state index in [2.05, 4.69) is 10.9 Å². The Morgan fingerprint density at radius 1 is 1.23 bits per heavy atom. The zero-order valence-electron chi connectivity index (χ0n) is 14.1. The average molecular weight is 341 g/mol. The second kappa shape index (κ2) is 6.01. The number of imidazole rings is 1. The van der Waals surface area contributed by atoms with E-state index in [4.69, 9.17) is 11.4 Å². The molecule has 0 unspecified atom stereocenters. The number of aromatic nitrogens is 2. The van der Waals surface area contributed by atoms with E-state index in [0.29, 0.717) is 11.5 Å². The lowest BCUT2D eigenvalue weighted by atomic mass is 9.98. The minimum Gasteiger partial charge on any atom is -0.476 e. The van der Waals surface area contributed by atoms with Gasteiger partial charge < -0.3 is 5.11 Å². The number of aromatic carboxylic acids is 1. The van der Waals surface area contributed by atoms with E-state index in [1.807, 2.05) is 53.1 Å². The summed E-state index contributed by atoms with van der Waals surface area (Å²) in [5, 5.41) is 9.51. The Morgan fingerprint density at radius 2 is 2.00 bits per heavy atom. The molecule has 2 heterocycles. The number of benzene rings is 2. The second-order valence-corrected chi connectivity index (χ2v) is 6.00. The molecule has 0 radical (unpaired) electrons. The van der Waals surface area contributed by atoms with Gasteiger partial charge in [-0.15, -0.1) is 6.42 Å². The zero-order chi connectivity index (χ0) is 18.3. The van der Waals surface area contributed by atoms with Gasteiger partial charge in [0, 0.05) is 16.7 Å². The molecule has 126 valence electrons. The van der Waals surface area contributed by atoms with E-state index < -0.39 is 5.97 Å². The molecule has 0 amide bonds. The Morgan fingerprint density at radius 3 is 2.69 bits per heavy atom. The second-order valence-electron chi connectivity index (χ2n) is 6.00. The first-order chi connectivity index (χ1) is 12.6. The quantitative estimate of drug-likeness (QED) is 0.728. The Hall–Kier alpha value is -3.65. The van der Waals surface area contributed by atoms with Gasteiger partial charge >= 0.3 is 5.97 Å². The number of carboxylic acid groups (broad SMARTS) is 1. The molecule has 0 saturated carbocycles. The third-order valence-electron chi connectivity index (χ3n) is 4.44. The fraction of sp³-hybridized carbons (Fsp3) is 0.0952. The van der Waals surface area contributed by atoms with Gasteiger partial charge in [-0.05, 0) is 25.1 Å². The fourth-order valence-electron chi connectivity index (χ4n) is 3.31. The lowest BCUT2D eigenvalue weighted by Crippen LogP contribution is -2.09. The van der Waals surface area contributed by atoms with Crippen LogP contribution in [0.5, 0.6) is 0 Å². The van der Waals surface area contributed by atoms with Crippen molar-refractivity contribution in [3.63, 3.8) is 0 Å². The number of hydrogen-bond donors (Lipinski definition) is 1. The Bertz CT molecular complexity index is 1100.